The summed E-state index contributed by atoms with van der Waals surface area (Å²) >= 11 is 1.71. The molecule has 2 rings (SSSR count). The number of carbonyl (C=O) groups excluding carboxylic acids is 2. The van der Waals surface area contributed by atoms with Gasteiger partial charge in [0.15, 0.2) is 0 Å². The molecule has 0 saturated carbocycles. The monoisotopic (exact) mass is 292 g/mol. The summed E-state index contributed by atoms with van der Waals surface area (Å²) in [5, 5.41) is 3.32. The van der Waals surface area contributed by atoms with Crippen LogP contribution in [0.5, 0.6) is 0 Å². The van der Waals surface area contributed by atoms with E-state index in [4.69, 9.17) is 0 Å². The first-order valence-corrected chi connectivity index (χ1v) is 7.96. The Balaban J connectivity index is 2.01. The number of thioether (sulfide) groups is 1. The van der Waals surface area contributed by atoms with Gasteiger partial charge in [0.05, 0.1) is 6.04 Å². The summed E-state index contributed by atoms with van der Waals surface area (Å²) in [7, 11) is 1.55. The molecule has 1 N–H and O–H groups in total. The smallest absolute Gasteiger partial charge is 0.246 e. The average Bonchev–Trinajstić information content (AvgIpc) is 2.48. The van der Waals surface area contributed by atoms with Crippen LogP contribution in [0.15, 0.2) is 29.2 Å². The molecular formula is C15H20N2O2S. The molecule has 5 heteroatoms. The number of nitrogens with one attached hydrogen (secondary N) is 1. The van der Waals surface area contributed by atoms with Gasteiger partial charge >= 0.3 is 0 Å². The number of imide groups is 1. The fourth-order valence-corrected chi connectivity index (χ4v) is 2.77. The molecule has 2 unspecified atom stereocenters. The second-order valence-corrected chi connectivity index (χ2v) is 5.92. The molecule has 0 aliphatic carbocycles. The number of benzene rings is 1. The van der Waals surface area contributed by atoms with Crippen LogP contribution in [0.25, 0.3) is 0 Å². The zero-order valence-electron chi connectivity index (χ0n) is 12.1. The molecule has 1 heterocycles. The van der Waals surface area contributed by atoms with Crippen LogP contribution >= 0.6 is 11.8 Å². The first-order chi connectivity index (χ1) is 9.52. The lowest BCUT2D eigenvalue weighted by Gasteiger charge is -2.30. The van der Waals surface area contributed by atoms with Crippen LogP contribution in [0.2, 0.25) is 0 Å². The lowest BCUT2D eigenvalue weighted by molar-refractivity contribution is -0.148. The van der Waals surface area contributed by atoms with Gasteiger partial charge in [-0.25, -0.2) is 0 Å². The van der Waals surface area contributed by atoms with Crippen molar-refractivity contribution in [2.45, 2.75) is 36.7 Å². The summed E-state index contributed by atoms with van der Waals surface area (Å²) < 4.78 is 0. The lowest BCUT2D eigenvalue weighted by atomic mass is 10.0. The van der Waals surface area contributed by atoms with Gasteiger partial charge in [-0.2, -0.15) is 0 Å². The van der Waals surface area contributed by atoms with E-state index in [0.29, 0.717) is 12.8 Å². The van der Waals surface area contributed by atoms with Gasteiger partial charge in [-0.3, -0.25) is 19.8 Å². The molecule has 2 amide bonds. The highest BCUT2D eigenvalue weighted by Crippen LogP contribution is 2.21. The number of likely N-dealkylation sites (tertiary alicyclic amines) is 1. The van der Waals surface area contributed by atoms with Crippen molar-refractivity contribution in [1.82, 2.24) is 10.2 Å². The molecule has 108 valence electrons. The molecule has 1 saturated heterocycles. The Morgan fingerprint density at radius 1 is 1.30 bits per heavy atom. The molecule has 1 aromatic carbocycles. The first kappa shape index (κ1) is 15.1. The minimum absolute atomic E-state index is 0.0847. The highest BCUT2D eigenvalue weighted by molar-refractivity contribution is 7.98. The van der Waals surface area contributed by atoms with Crippen LogP contribution in [-0.2, 0) is 9.59 Å². The summed E-state index contributed by atoms with van der Waals surface area (Å²) in [5.74, 6) is -0.223. The maximum absolute atomic E-state index is 12.0. The van der Waals surface area contributed by atoms with E-state index < -0.39 is 0 Å². The zero-order chi connectivity index (χ0) is 14.7. The molecule has 1 aliphatic rings. The van der Waals surface area contributed by atoms with Crippen molar-refractivity contribution >= 4 is 23.6 Å². The second-order valence-electron chi connectivity index (χ2n) is 5.04. The van der Waals surface area contributed by atoms with Crippen molar-refractivity contribution in [3.05, 3.63) is 29.8 Å². The van der Waals surface area contributed by atoms with Gasteiger partial charge < -0.3 is 0 Å². The summed E-state index contributed by atoms with van der Waals surface area (Å²) in [6.45, 7) is 2.04. The number of carbonyl (C=O) groups is 2. The summed E-state index contributed by atoms with van der Waals surface area (Å²) in [4.78, 5) is 25.9. The Labute approximate surface area is 123 Å². The van der Waals surface area contributed by atoms with Gasteiger partial charge in [0, 0.05) is 24.4 Å². The normalized spacial score (nSPS) is 21.1. The minimum atomic E-state index is -0.270. The first-order valence-electron chi connectivity index (χ1n) is 6.73. The standard InChI is InChI=1S/C15H20N2O2S/c1-10(11-4-6-12(20-3)7-5-11)16-13-8-9-14(18)17(2)15(13)19/h4-7,10,13,16H,8-9H2,1-3H3. The third kappa shape index (κ3) is 3.22. The Morgan fingerprint density at radius 2 is 1.95 bits per heavy atom. The Kier molecular flexibility index (Phi) is 4.83. The number of likely N-dealkylation sites (N-methyl/N-ethyl adjacent to an activating group) is 1. The number of hydrogen-bond donors (Lipinski definition) is 1. The van der Waals surface area contributed by atoms with Crippen molar-refractivity contribution in [1.29, 1.82) is 0 Å². The zero-order valence-corrected chi connectivity index (χ0v) is 12.9. The lowest BCUT2D eigenvalue weighted by Crippen LogP contribution is -2.51. The van der Waals surface area contributed by atoms with Crippen molar-refractivity contribution in [2.24, 2.45) is 0 Å². The predicted octanol–water partition coefficient (Wildman–Crippen LogP) is 2.21. The topological polar surface area (TPSA) is 49.4 Å². The minimum Gasteiger partial charge on any atom is -0.299 e. The Hall–Kier alpha value is -1.33. The van der Waals surface area contributed by atoms with E-state index in [9.17, 15) is 9.59 Å². The van der Waals surface area contributed by atoms with E-state index in [-0.39, 0.29) is 23.9 Å². The van der Waals surface area contributed by atoms with Gasteiger partial charge in [-0.15, -0.1) is 11.8 Å². The maximum atomic E-state index is 12.0. The third-order valence-electron chi connectivity index (χ3n) is 3.72. The van der Waals surface area contributed by atoms with Crippen LogP contribution in [0.1, 0.15) is 31.4 Å². The number of nitrogens with zero attached hydrogens (tertiary/aromatic N) is 1. The Bertz CT molecular complexity index is 501. The molecule has 0 spiro atoms. The molecular weight excluding hydrogens is 272 g/mol. The molecule has 1 aromatic rings. The number of hydrogen-bond acceptors (Lipinski definition) is 4. The summed E-state index contributed by atoms with van der Waals surface area (Å²) in [5.41, 5.74) is 1.15. The van der Waals surface area contributed by atoms with Gasteiger partial charge in [0.25, 0.3) is 0 Å². The molecule has 0 bridgehead atoms. The molecule has 4 nitrogen and oxygen atoms in total. The SMILES string of the molecule is CSc1ccc(C(C)NC2CCC(=O)N(C)C2=O)cc1. The van der Waals surface area contributed by atoms with E-state index >= 15 is 0 Å². The molecule has 0 radical (unpaired) electrons. The van der Waals surface area contributed by atoms with E-state index in [1.807, 2.05) is 13.2 Å². The number of rotatable bonds is 4. The Morgan fingerprint density at radius 3 is 2.55 bits per heavy atom. The molecule has 20 heavy (non-hydrogen) atoms. The number of amides is 2. The van der Waals surface area contributed by atoms with Gasteiger partial charge in [-0.05, 0) is 37.3 Å². The van der Waals surface area contributed by atoms with E-state index in [1.54, 1.807) is 18.8 Å². The van der Waals surface area contributed by atoms with Crippen LogP contribution in [0, 0.1) is 0 Å². The quantitative estimate of drug-likeness (QED) is 0.683. The van der Waals surface area contributed by atoms with E-state index in [0.717, 1.165) is 5.56 Å². The van der Waals surface area contributed by atoms with Gasteiger partial charge in [-0.1, -0.05) is 12.1 Å². The van der Waals surface area contributed by atoms with Crippen molar-refractivity contribution in [2.75, 3.05) is 13.3 Å². The molecule has 2 atom stereocenters. The summed E-state index contributed by atoms with van der Waals surface area (Å²) in [6, 6.07) is 8.12. The molecule has 1 aliphatic heterocycles. The average molecular weight is 292 g/mol. The maximum Gasteiger partial charge on any atom is 0.246 e. The highest BCUT2D eigenvalue weighted by Gasteiger charge is 2.32. The third-order valence-corrected chi connectivity index (χ3v) is 4.46. The highest BCUT2D eigenvalue weighted by atomic mass is 32.2. The van der Waals surface area contributed by atoms with Crippen molar-refractivity contribution in [3.63, 3.8) is 0 Å². The fraction of sp³-hybridized carbons (Fsp3) is 0.467. The van der Waals surface area contributed by atoms with Crippen LogP contribution in [0.4, 0.5) is 0 Å². The van der Waals surface area contributed by atoms with E-state index in [1.165, 1.54) is 9.80 Å². The largest absolute Gasteiger partial charge is 0.299 e. The number of piperidine rings is 1. The predicted molar refractivity (Wildman–Crippen MR) is 80.6 cm³/mol. The van der Waals surface area contributed by atoms with Gasteiger partial charge in [0.2, 0.25) is 11.8 Å². The van der Waals surface area contributed by atoms with Crippen LogP contribution in [-0.4, -0.2) is 36.1 Å². The summed E-state index contributed by atoms with van der Waals surface area (Å²) in [6.07, 6.45) is 3.05. The van der Waals surface area contributed by atoms with E-state index in [2.05, 4.69) is 29.6 Å². The van der Waals surface area contributed by atoms with Crippen LogP contribution < -0.4 is 5.32 Å². The fourth-order valence-electron chi connectivity index (χ4n) is 2.36. The van der Waals surface area contributed by atoms with Gasteiger partial charge in [0.1, 0.15) is 0 Å². The van der Waals surface area contributed by atoms with Crippen molar-refractivity contribution < 1.29 is 9.59 Å². The van der Waals surface area contributed by atoms with Crippen LogP contribution in [0.3, 0.4) is 0 Å². The van der Waals surface area contributed by atoms with Crippen molar-refractivity contribution in [3.8, 4) is 0 Å². The second kappa shape index (κ2) is 6.41. The molecule has 0 aromatic heterocycles. The molecule has 1 fully saturated rings.